The molecule has 0 aliphatic carbocycles. The van der Waals surface area contributed by atoms with Crippen molar-refractivity contribution in [3.05, 3.63) is 45.9 Å². The van der Waals surface area contributed by atoms with Gasteiger partial charge in [0, 0.05) is 55.6 Å². The summed E-state index contributed by atoms with van der Waals surface area (Å²) in [5, 5.41) is 5.45. The molecule has 1 fully saturated rings. The van der Waals surface area contributed by atoms with Crippen LogP contribution in [0.3, 0.4) is 0 Å². The molecule has 12 nitrogen and oxygen atoms in total. The number of amides is 2. The van der Waals surface area contributed by atoms with Crippen LogP contribution in [0.2, 0.25) is 0 Å². The molecule has 2 amide bonds. The number of nitrogen functional groups attached to an aromatic ring is 1. The number of rotatable bonds is 24. The first-order chi connectivity index (χ1) is 26.7. The minimum atomic E-state index is -0.510. The molecule has 0 bridgehead atoms. The number of anilines is 1. The minimum Gasteiger partial charge on any atom is -0.466 e. The number of carbonyl (C=O) groups excluding carboxylic acids is 4. The summed E-state index contributed by atoms with van der Waals surface area (Å²) in [6.07, 6.45) is 5.50. The van der Waals surface area contributed by atoms with Crippen molar-refractivity contribution in [2.75, 3.05) is 46.4 Å². The van der Waals surface area contributed by atoms with Gasteiger partial charge in [-0.2, -0.15) is 0 Å². The molecular weight excluding hydrogens is 731 g/mol. The van der Waals surface area contributed by atoms with Gasteiger partial charge in [0.1, 0.15) is 23.5 Å². The Balaban J connectivity index is 1.85. The number of carbonyl (C=O) groups is 4. The number of piperidine rings is 1. The average Bonchev–Trinajstić information content (AvgIpc) is 3.67. The highest BCUT2D eigenvalue weighted by atomic mass is 32.1. The van der Waals surface area contributed by atoms with E-state index in [0.29, 0.717) is 36.6 Å². The number of likely N-dealkylation sites (N-methyl/N-ethyl adjacent to an activating group) is 1. The molecule has 13 heteroatoms. The molecular formula is C43H69N5O7S. The molecule has 1 saturated heterocycles. The lowest BCUT2D eigenvalue weighted by molar-refractivity contribution is -0.151. The van der Waals surface area contributed by atoms with Gasteiger partial charge in [0.25, 0.3) is 5.91 Å². The second-order valence-electron chi connectivity index (χ2n) is 15.8. The number of thiazole rings is 1. The highest BCUT2D eigenvalue weighted by Crippen LogP contribution is 2.33. The van der Waals surface area contributed by atoms with Crippen LogP contribution in [0.25, 0.3) is 0 Å². The third-order valence-electron chi connectivity index (χ3n) is 11.1. The highest BCUT2D eigenvalue weighted by molar-refractivity contribution is 7.09. The number of hydrogen-bond donors (Lipinski definition) is 2. The zero-order valence-corrected chi connectivity index (χ0v) is 36.2. The van der Waals surface area contributed by atoms with E-state index >= 15 is 0 Å². The van der Waals surface area contributed by atoms with Gasteiger partial charge >= 0.3 is 5.97 Å². The van der Waals surface area contributed by atoms with Crippen LogP contribution < -0.4 is 11.1 Å². The maximum Gasteiger partial charge on any atom is 0.308 e. The van der Waals surface area contributed by atoms with E-state index in [4.69, 9.17) is 24.9 Å². The number of nitrogens with one attached hydrogen (secondary N) is 1. The van der Waals surface area contributed by atoms with Gasteiger partial charge in [-0.25, -0.2) is 4.98 Å². The summed E-state index contributed by atoms with van der Waals surface area (Å²) >= 11 is 1.33. The van der Waals surface area contributed by atoms with Crippen molar-refractivity contribution in [2.24, 2.45) is 23.7 Å². The average molecular weight is 800 g/mol. The number of ether oxygens (including phenoxy) is 3. The third kappa shape index (κ3) is 13.9. The standard InChI is InChI=1S/C43H69N5O7S/c1-10-21-54-27-48(42(51)34(29(6)11-2)24-38(49)36-15-13-14-20-47(36)8)37(28(4)5)25-39(53-9)41-46-35(26-56-41)40(50)45-33(22-30(7)43(52)55-12-3)23-31-16-18-32(44)19-17-31/h16-19,26,28-30,33-34,36-37,39H,10-15,20-25,27,44H2,1-9H3,(H,45,50)/t29-,30?,33+,34-,36+,37+,39+/m0/s1. The topological polar surface area (TPSA) is 153 Å². The number of hydrogen-bond acceptors (Lipinski definition) is 11. The predicted molar refractivity (Wildman–Crippen MR) is 222 cm³/mol. The second kappa shape index (κ2) is 23.7. The third-order valence-corrected chi connectivity index (χ3v) is 12.1. The van der Waals surface area contributed by atoms with Crippen molar-refractivity contribution < 1.29 is 33.4 Å². The number of nitrogens with two attached hydrogens (primary N) is 1. The smallest absolute Gasteiger partial charge is 0.308 e. The van der Waals surface area contributed by atoms with Gasteiger partial charge in [-0.05, 0) is 82.2 Å². The Kier molecular flexibility index (Phi) is 19.9. The fraction of sp³-hybridized carbons (Fsp3) is 0.698. The minimum absolute atomic E-state index is 0.00391. The number of methoxy groups -OCH3 is 1. The Labute approximate surface area is 339 Å². The van der Waals surface area contributed by atoms with Crippen LogP contribution in [0.5, 0.6) is 0 Å². The van der Waals surface area contributed by atoms with Crippen LogP contribution in [0, 0.1) is 23.7 Å². The first kappa shape index (κ1) is 47.0. The number of aromatic nitrogens is 1. The van der Waals surface area contributed by atoms with Crippen LogP contribution in [0.15, 0.2) is 29.6 Å². The van der Waals surface area contributed by atoms with Crippen molar-refractivity contribution in [1.29, 1.82) is 0 Å². The Hall–Kier alpha value is -3.39. The molecule has 2 aromatic rings. The first-order valence-corrected chi connectivity index (χ1v) is 21.5. The van der Waals surface area contributed by atoms with Crippen molar-refractivity contribution in [3.8, 4) is 0 Å². The largest absolute Gasteiger partial charge is 0.466 e. The van der Waals surface area contributed by atoms with Crippen molar-refractivity contribution in [3.63, 3.8) is 0 Å². The lowest BCUT2D eigenvalue weighted by Crippen LogP contribution is -2.50. The van der Waals surface area contributed by atoms with Gasteiger partial charge in [-0.1, -0.05) is 66.5 Å². The Morgan fingerprint density at radius 3 is 2.38 bits per heavy atom. The molecule has 0 spiro atoms. The van der Waals surface area contributed by atoms with Crippen molar-refractivity contribution >= 4 is 40.6 Å². The van der Waals surface area contributed by atoms with Gasteiger partial charge in [0.15, 0.2) is 5.78 Å². The normalized spacial score (nSPS) is 18.1. The van der Waals surface area contributed by atoms with E-state index in [1.54, 1.807) is 26.3 Å². The molecule has 314 valence electrons. The SMILES string of the molecule is CCCOCN(C(=O)[C@@H](CC(=O)[C@H]1CCCCN1C)[C@@H](C)CC)[C@H](C[C@@H](OC)c1nc(C(=O)N[C@@H](Cc2ccc(N)cc2)CC(C)C(=O)OCC)cs1)C(C)C. The number of likely N-dealkylation sites (tertiary alicyclic amines) is 1. The summed E-state index contributed by atoms with van der Waals surface area (Å²) in [4.78, 5) is 63.4. The van der Waals surface area contributed by atoms with Crippen molar-refractivity contribution in [1.82, 2.24) is 20.1 Å². The molecule has 1 aliphatic heterocycles. The Morgan fingerprint density at radius 2 is 1.77 bits per heavy atom. The molecule has 3 rings (SSSR count). The van der Waals surface area contributed by atoms with Gasteiger partial charge in [-0.15, -0.1) is 11.3 Å². The van der Waals surface area contributed by atoms with Crippen molar-refractivity contribution in [2.45, 2.75) is 130 Å². The number of esters is 1. The maximum atomic E-state index is 14.7. The summed E-state index contributed by atoms with van der Waals surface area (Å²) in [6, 6.07) is 6.64. The van der Waals surface area contributed by atoms with E-state index in [1.165, 1.54) is 11.3 Å². The van der Waals surface area contributed by atoms with E-state index in [-0.39, 0.29) is 79.0 Å². The van der Waals surface area contributed by atoms with E-state index in [9.17, 15) is 19.2 Å². The van der Waals surface area contributed by atoms with Crippen LogP contribution in [0.1, 0.15) is 127 Å². The molecule has 2 heterocycles. The molecule has 56 heavy (non-hydrogen) atoms. The molecule has 1 aliphatic rings. The van der Waals surface area contributed by atoms with Crippen LogP contribution in [-0.2, 0) is 35.0 Å². The monoisotopic (exact) mass is 799 g/mol. The summed E-state index contributed by atoms with van der Waals surface area (Å²) < 4.78 is 17.3. The van der Waals surface area contributed by atoms with Crippen LogP contribution in [-0.4, -0.2) is 97.1 Å². The summed E-state index contributed by atoms with van der Waals surface area (Å²) in [5.74, 6) is -1.47. The van der Waals surface area contributed by atoms with Gasteiger partial charge in [0.2, 0.25) is 5.91 Å². The zero-order valence-electron chi connectivity index (χ0n) is 35.4. The molecule has 7 atom stereocenters. The molecule has 1 aromatic heterocycles. The molecule has 3 N–H and O–H groups in total. The van der Waals surface area contributed by atoms with Gasteiger partial charge < -0.3 is 30.2 Å². The number of benzene rings is 1. The van der Waals surface area contributed by atoms with E-state index in [0.717, 1.165) is 44.2 Å². The first-order valence-electron chi connectivity index (χ1n) is 20.6. The van der Waals surface area contributed by atoms with Gasteiger partial charge in [-0.3, -0.25) is 24.1 Å². The molecule has 1 aromatic carbocycles. The van der Waals surface area contributed by atoms with Crippen LogP contribution >= 0.6 is 11.3 Å². The molecule has 1 unspecified atom stereocenters. The molecule has 0 radical (unpaired) electrons. The highest BCUT2D eigenvalue weighted by Gasteiger charge is 2.39. The van der Waals surface area contributed by atoms with E-state index < -0.39 is 17.9 Å². The number of ketones is 1. The Morgan fingerprint density at radius 1 is 1.05 bits per heavy atom. The lowest BCUT2D eigenvalue weighted by atomic mass is 9.82. The van der Waals surface area contributed by atoms with E-state index in [2.05, 4.69) is 37.9 Å². The van der Waals surface area contributed by atoms with Gasteiger partial charge in [0.05, 0.1) is 18.6 Å². The zero-order chi connectivity index (χ0) is 41.4. The number of nitrogens with zero attached hydrogens (tertiary/aromatic N) is 3. The lowest BCUT2D eigenvalue weighted by Gasteiger charge is -2.39. The Bertz CT molecular complexity index is 1520. The molecule has 0 saturated carbocycles. The predicted octanol–water partition coefficient (Wildman–Crippen LogP) is 7.08. The second-order valence-corrected chi connectivity index (χ2v) is 16.7. The van der Waals surface area contributed by atoms with E-state index in [1.807, 2.05) is 43.1 Å². The maximum absolute atomic E-state index is 14.7. The quantitative estimate of drug-likeness (QED) is 0.0488. The van der Waals surface area contributed by atoms with Crippen LogP contribution in [0.4, 0.5) is 5.69 Å². The fourth-order valence-electron chi connectivity index (χ4n) is 7.51. The summed E-state index contributed by atoms with van der Waals surface area (Å²) in [5.41, 5.74) is 7.77. The fourth-order valence-corrected chi connectivity index (χ4v) is 8.40. The summed E-state index contributed by atoms with van der Waals surface area (Å²) in [7, 11) is 3.62. The summed E-state index contributed by atoms with van der Waals surface area (Å²) in [6.45, 7) is 15.7. The number of Topliss-reactive ketones (excluding diaryl/α,β-unsaturated/α-hetero) is 1.